The third-order valence-electron chi connectivity index (χ3n) is 5.90. The molecular weight excluding hydrogens is 270 g/mol. The summed E-state index contributed by atoms with van der Waals surface area (Å²) in [6.45, 7) is 4.59. The highest BCUT2D eigenvalue weighted by Gasteiger charge is 2.43. The average Bonchev–Trinajstić information content (AvgIpc) is 2.92. The van der Waals surface area contributed by atoms with Gasteiger partial charge in [-0.3, -0.25) is 0 Å². The molecule has 3 heteroatoms. The highest BCUT2D eigenvalue weighted by molar-refractivity contribution is 5.83. The summed E-state index contributed by atoms with van der Waals surface area (Å²) >= 11 is 0. The number of unbranched alkanes of at least 4 members (excludes halogenated alkanes) is 4. The molecule has 0 aromatic heterocycles. The topological polar surface area (TPSA) is 27.6 Å². The van der Waals surface area contributed by atoms with E-state index >= 15 is 0 Å². The number of guanidine groups is 1. The number of hydrogen-bond donors (Lipinski definition) is 1. The quantitative estimate of drug-likeness (QED) is 0.670. The Morgan fingerprint density at radius 3 is 2.36 bits per heavy atom. The van der Waals surface area contributed by atoms with Gasteiger partial charge in [0.2, 0.25) is 0 Å². The van der Waals surface area contributed by atoms with Crippen molar-refractivity contribution in [2.75, 3.05) is 0 Å². The first-order valence-electron chi connectivity index (χ1n) is 9.94. The molecule has 3 aliphatic rings. The lowest BCUT2D eigenvalue weighted by Crippen LogP contribution is -2.59. The largest absolute Gasteiger partial charge is 0.353 e. The van der Waals surface area contributed by atoms with Gasteiger partial charge in [0, 0.05) is 18.1 Å². The maximum atomic E-state index is 5.13. The van der Waals surface area contributed by atoms with Crippen LogP contribution in [0.5, 0.6) is 0 Å². The van der Waals surface area contributed by atoms with Gasteiger partial charge in [-0.1, -0.05) is 52.4 Å². The summed E-state index contributed by atoms with van der Waals surface area (Å²) in [6.07, 6.45) is 16.2. The summed E-state index contributed by atoms with van der Waals surface area (Å²) in [5, 5.41) is 3.81. The van der Waals surface area contributed by atoms with E-state index in [1.54, 1.807) is 0 Å². The standard InChI is InChI=1S/C19H35N3/c1-3-5-7-9-15-13-17-11-12-18-14-16(10-8-6-4-2)21-19(20-15)22(17)18/h15-18H,3-14H2,1-2H3,(H,20,21)/t15-,16+,17+,18-. The molecule has 0 amide bonds. The minimum Gasteiger partial charge on any atom is -0.353 e. The van der Waals surface area contributed by atoms with Crippen molar-refractivity contribution in [1.29, 1.82) is 0 Å². The van der Waals surface area contributed by atoms with Crippen LogP contribution in [-0.2, 0) is 0 Å². The van der Waals surface area contributed by atoms with Crippen LogP contribution in [0.1, 0.15) is 90.9 Å². The Kier molecular flexibility index (Phi) is 5.65. The highest BCUT2D eigenvalue weighted by atomic mass is 15.4. The van der Waals surface area contributed by atoms with Crippen molar-refractivity contribution < 1.29 is 0 Å². The van der Waals surface area contributed by atoms with Crippen molar-refractivity contribution in [3.8, 4) is 0 Å². The molecule has 22 heavy (non-hydrogen) atoms. The minimum absolute atomic E-state index is 0.587. The van der Waals surface area contributed by atoms with Crippen molar-refractivity contribution in [2.45, 2.75) is 115 Å². The molecular formula is C19H35N3. The van der Waals surface area contributed by atoms with Crippen LogP contribution >= 0.6 is 0 Å². The zero-order valence-electron chi connectivity index (χ0n) is 14.7. The fourth-order valence-electron chi connectivity index (χ4n) is 4.70. The fraction of sp³-hybridized carbons (Fsp3) is 0.947. The molecule has 3 nitrogen and oxygen atoms in total. The highest BCUT2D eigenvalue weighted by Crippen LogP contribution is 2.37. The first-order chi connectivity index (χ1) is 10.8. The molecule has 4 atom stereocenters. The Labute approximate surface area is 136 Å². The molecule has 2 fully saturated rings. The molecule has 0 bridgehead atoms. The van der Waals surface area contributed by atoms with Crippen molar-refractivity contribution in [2.24, 2.45) is 4.99 Å². The van der Waals surface area contributed by atoms with Crippen molar-refractivity contribution in [3.05, 3.63) is 0 Å². The summed E-state index contributed by atoms with van der Waals surface area (Å²) in [5.74, 6) is 1.27. The Morgan fingerprint density at radius 2 is 1.64 bits per heavy atom. The third-order valence-corrected chi connectivity index (χ3v) is 5.90. The lowest BCUT2D eigenvalue weighted by atomic mass is 9.96. The maximum Gasteiger partial charge on any atom is 0.194 e. The van der Waals surface area contributed by atoms with Crippen LogP contribution in [0.2, 0.25) is 0 Å². The zero-order chi connectivity index (χ0) is 15.4. The summed E-state index contributed by atoms with van der Waals surface area (Å²) in [7, 11) is 0. The number of rotatable bonds is 8. The van der Waals surface area contributed by atoms with Gasteiger partial charge in [0.25, 0.3) is 0 Å². The minimum atomic E-state index is 0.587. The van der Waals surface area contributed by atoms with Crippen molar-refractivity contribution in [3.63, 3.8) is 0 Å². The van der Waals surface area contributed by atoms with E-state index < -0.39 is 0 Å². The first-order valence-corrected chi connectivity index (χ1v) is 9.94. The monoisotopic (exact) mass is 305 g/mol. The second-order valence-electron chi connectivity index (χ2n) is 7.70. The van der Waals surface area contributed by atoms with Crippen LogP contribution in [0.15, 0.2) is 4.99 Å². The van der Waals surface area contributed by atoms with Gasteiger partial charge in [-0.2, -0.15) is 0 Å². The van der Waals surface area contributed by atoms with Gasteiger partial charge in [-0.05, 0) is 38.5 Å². The molecule has 0 unspecified atom stereocenters. The van der Waals surface area contributed by atoms with E-state index in [2.05, 4.69) is 24.1 Å². The van der Waals surface area contributed by atoms with Gasteiger partial charge in [0.15, 0.2) is 5.96 Å². The Hall–Kier alpha value is -0.730. The van der Waals surface area contributed by atoms with Gasteiger partial charge in [-0.15, -0.1) is 0 Å². The Balaban J connectivity index is 1.60. The van der Waals surface area contributed by atoms with E-state index in [1.165, 1.54) is 83.0 Å². The molecule has 0 aromatic carbocycles. The molecule has 0 saturated carbocycles. The molecule has 0 spiro atoms. The van der Waals surface area contributed by atoms with Gasteiger partial charge in [0.05, 0.1) is 6.04 Å². The predicted molar refractivity (Wildman–Crippen MR) is 94.3 cm³/mol. The van der Waals surface area contributed by atoms with Crippen molar-refractivity contribution in [1.82, 2.24) is 10.2 Å². The van der Waals surface area contributed by atoms with Gasteiger partial charge in [0.1, 0.15) is 0 Å². The molecule has 0 aromatic rings. The lowest BCUT2D eigenvalue weighted by molar-refractivity contribution is 0.201. The van der Waals surface area contributed by atoms with Crippen LogP contribution < -0.4 is 5.32 Å². The summed E-state index contributed by atoms with van der Waals surface area (Å²) in [5.41, 5.74) is 0. The molecule has 0 aliphatic carbocycles. The van der Waals surface area contributed by atoms with Gasteiger partial charge >= 0.3 is 0 Å². The molecule has 3 heterocycles. The number of nitrogens with zero attached hydrogens (tertiary/aromatic N) is 2. The molecule has 2 saturated heterocycles. The first kappa shape index (κ1) is 16.1. The second-order valence-corrected chi connectivity index (χ2v) is 7.70. The van der Waals surface area contributed by atoms with Crippen molar-refractivity contribution >= 4 is 5.96 Å². The van der Waals surface area contributed by atoms with E-state index in [9.17, 15) is 0 Å². The van der Waals surface area contributed by atoms with E-state index in [0.29, 0.717) is 12.1 Å². The molecule has 1 N–H and O–H groups in total. The van der Waals surface area contributed by atoms with Gasteiger partial charge in [-0.25, -0.2) is 4.99 Å². The molecule has 126 valence electrons. The maximum absolute atomic E-state index is 5.13. The van der Waals surface area contributed by atoms with E-state index in [1.807, 2.05) is 0 Å². The van der Waals surface area contributed by atoms with Crippen LogP contribution in [0.3, 0.4) is 0 Å². The third kappa shape index (κ3) is 3.60. The normalized spacial score (nSPS) is 33.4. The summed E-state index contributed by atoms with van der Waals surface area (Å²) in [4.78, 5) is 7.79. The average molecular weight is 306 g/mol. The fourth-order valence-corrected chi connectivity index (χ4v) is 4.70. The van der Waals surface area contributed by atoms with E-state index in [4.69, 9.17) is 4.99 Å². The second kappa shape index (κ2) is 7.70. The molecule has 3 aliphatic heterocycles. The SMILES string of the molecule is CCCCC[C@@H]1C[C@@H]2CC[C@@H]3C[C@H](CCCCC)NC(=N1)N32. The number of aliphatic imine (C=N–C) groups is 1. The molecule has 3 rings (SSSR count). The van der Waals surface area contributed by atoms with E-state index in [0.717, 1.165) is 12.1 Å². The van der Waals surface area contributed by atoms with Crippen LogP contribution in [0, 0.1) is 0 Å². The summed E-state index contributed by atoms with van der Waals surface area (Å²) in [6, 6.07) is 2.84. The smallest absolute Gasteiger partial charge is 0.194 e. The summed E-state index contributed by atoms with van der Waals surface area (Å²) < 4.78 is 0. The number of hydrogen-bond acceptors (Lipinski definition) is 3. The van der Waals surface area contributed by atoms with Crippen LogP contribution in [-0.4, -0.2) is 35.0 Å². The van der Waals surface area contributed by atoms with E-state index in [-0.39, 0.29) is 0 Å². The molecule has 0 radical (unpaired) electrons. The van der Waals surface area contributed by atoms with Crippen LogP contribution in [0.25, 0.3) is 0 Å². The Bertz CT molecular complexity index is 379. The predicted octanol–water partition coefficient (Wildman–Crippen LogP) is 4.47. The van der Waals surface area contributed by atoms with Crippen LogP contribution in [0.4, 0.5) is 0 Å². The Morgan fingerprint density at radius 1 is 0.955 bits per heavy atom. The zero-order valence-corrected chi connectivity index (χ0v) is 14.7. The van der Waals surface area contributed by atoms with Gasteiger partial charge < -0.3 is 10.2 Å². The number of nitrogens with one attached hydrogen (secondary N) is 1. The lowest BCUT2D eigenvalue weighted by Gasteiger charge is -2.45.